The van der Waals surface area contributed by atoms with Gasteiger partial charge in [-0.1, -0.05) is 44.0 Å². The van der Waals surface area contributed by atoms with Crippen molar-refractivity contribution in [2.75, 3.05) is 13.1 Å². The molecule has 0 aromatic heterocycles. The number of sulfonamides is 1. The maximum Gasteiger partial charge on any atom is 0.407 e. The van der Waals surface area contributed by atoms with Crippen LogP contribution in [-0.2, 0) is 10.0 Å². The number of hydrogen-bond donors (Lipinski definition) is 3. The summed E-state index contributed by atoms with van der Waals surface area (Å²) in [6, 6.07) is 9.94. The van der Waals surface area contributed by atoms with Gasteiger partial charge in [-0.25, -0.2) is 17.9 Å². The van der Waals surface area contributed by atoms with E-state index in [-0.39, 0.29) is 22.9 Å². The van der Waals surface area contributed by atoms with E-state index >= 15 is 0 Å². The summed E-state index contributed by atoms with van der Waals surface area (Å²) in [5.74, 6) is 0.244. The molecule has 8 nitrogen and oxygen atoms in total. The molecule has 2 aromatic carbocycles. The lowest BCUT2D eigenvalue weighted by molar-refractivity contribution is 0.0911. The molecule has 2 unspecified atom stereocenters. The molecule has 0 bridgehead atoms. The fourth-order valence-electron chi connectivity index (χ4n) is 4.96. The highest BCUT2D eigenvalue weighted by Gasteiger charge is 2.28. The minimum Gasteiger partial charge on any atom is -0.465 e. The summed E-state index contributed by atoms with van der Waals surface area (Å²) >= 11 is 0. The Labute approximate surface area is 194 Å². The number of likely N-dealkylation sites (tertiary alicyclic amines) is 1. The first-order valence-corrected chi connectivity index (χ1v) is 13.1. The van der Waals surface area contributed by atoms with Crippen LogP contribution in [-0.4, -0.2) is 55.6 Å². The van der Waals surface area contributed by atoms with Crippen LogP contribution in [0.2, 0.25) is 0 Å². The molecule has 2 aromatic rings. The van der Waals surface area contributed by atoms with Crippen LogP contribution in [0.1, 0.15) is 55.8 Å². The molecule has 33 heavy (non-hydrogen) atoms. The van der Waals surface area contributed by atoms with Gasteiger partial charge >= 0.3 is 6.09 Å². The Hall–Kier alpha value is -2.65. The predicted octanol–water partition coefficient (Wildman–Crippen LogP) is 3.57. The molecule has 4 rings (SSSR count). The molecule has 2 atom stereocenters. The molecule has 0 spiro atoms. The quantitative estimate of drug-likeness (QED) is 0.614. The minimum absolute atomic E-state index is 0.126. The van der Waals surface area contributed by atoms with Gasteiger partial charge in [0.2, 0.25) is 10.0 Å². The van der Waals surface area contributed by atoms with Gasteiger partial charge < -0.3 is 15.3 Å². The van der Waals surface area contributed by atoms with Crippen LogP contribution in [0.25, 0.3) is 10.8 Å². The fraction of sp³-hybridized carbons (Fsp3) is 0.500. The zero-order chi connectivity index (χ0) is 23.6. The average molecular weight is 474 g/mol. The van der Waals surface area contributed by atoms with Crippen LogP contribution in [0.15, 0.2) is 41.3 Å². The van der Waals surface area contributed by atoms with Crippen molar-refractivity contribution in [3.05, 3.63) is 42.0 Å². The first kappa shape index (κ1) is 23.5. The van der Waals surface area contributed by atoms with E-state index in [0.717, 1.165) is 19.3 Å². The lowest BCUT2D eigenvalue weighted by Gasteiger charge is -2.30. The van der Waals surface area contributed by atoms with Gasteiger partial charge in [0.25, 0.3) is 5.91 Å². The van der Waals surface area contributed by atoms with Crippen molar-refractivity contribution >= 4 is 32.8 Å². The maximum absolute atomic E-state index is 13.2. The highest BCUT2D eigenvalue weighted by atomic mass is 32.2. The van der Waals surface area contributed by atoms with Gasteiger partial charge in [0.05, 0.1) is 4.90 Å². The average Bonchev–Trinajstić information content (AvgIpc) is 2.79. The van der Waals surface area contributed by atoms with E-state index in [4.69, 9.17) is 5.11 Å². The molecule has 1 saturated heterocycles. The van der Waals surface area contributed by atoms with Crippen molar-refractivity contribution in [2.45, 2.75) is 62.4 Å². The number of piperidine rings is 1. The van der Waals surface area contributed by atoms with E-state index in [1.54, 1.807) is 36.4 Å². The number of fused-ring (bicyclic) bond motifs is 1. The summed E-state index contributed by atoms with van der Waals surface area (Å²) in [7, 11) is -3.85. The Morgan fingerprint density at radius 3 is 2.33 bits per heavy atom. The number of rotatable bonds is 5. The molecule has 1 heterocycles. The third kappa shape index (κ3) is 5.14. The third-order valence-electron chi connectivity index (χ3n) is 6.93. The van der Waals surface area contributed by atoms with Crippen molar-refractivity contribution in [1.29, 1.82) is 0 Å². The second kappa shape index (κ2) is 9.69. The number of carbonyl (C=O) groups excluding carboxylic acids is 1. The Morgan fingerprint density at radius 1 is 0.970 bits per heavy atom. The van der Waals surface area contributed by atoms with Gasteiger partial charge in [-0.3, -0.25) is 4.79 Å². The van der Waals surface area contributed by atoms with Gasteiger partial charge in [-0.2, -0.15) is 0 Å². The first-order valence-electron chi connectivity index (χ1n) is 11.6. The Balaban J connectivity index is 1.57. The molecular weight excluding hydrogens is 442 g/mol. The van der Waals surface area contributed by atoms with Gasteiger partial charge in [0, 0.05) is 36.1 Å². The van der Waals surface area contributed by atoms with Crippen molar-refractivity contribution < 1.29 is 23.1 Å². The molecule has 1 aliphatic heterocycles. The monoisotopic (exact) mass is 473 g/mol. The third-order valence-corrected chi connectivity index (χ3v) is 8.51. The first-order chi connectivity index (χ1) is 15.8. The second-order valence-corrected chi connectivity index (χ2v) is 10.8. The SMILES string of the molecule is CC1CCCCC1NC(=O)c1cccc2c(S(=O)(=O)NC3CCN(C(=O)O)CC3)cccc12. The normalized spacial score (nSPS) is 22.3. The van der Waals surface area contributed by atoms with E-state index in [2.05, 4.69) is 17.0 Å². The topological polar surface area (TPSA) is 116 Å². The molecule has 0 radical (unpaired) electrons. The van der Waals surface area contributed by atoms with E-state index in [1.807, 2.05) is 0 Å². The van der Waals surface area contributed by atoms with Gasteiger partial charge in [-0.15, -0.1) is 0 Å². The number of carboxylic acid groups (broad SMARTS) is 1. The number of benzene rings is 2. The highest BCUT2D eigenvalue weighted by Crippen LogP contribution is 2.28. The molecule has 2 fully saturated rings. The fourth-order valence-corrected chi connectivity index (χ4v) is 6.49. The van der Waals surface area contributed by atoms with Gasteiger partial charge in [0.1, 0.15) is 0 Å². The minimum atomic E-state index is -3.85. The van der Waals surface area contributed by atoms with Crippen LogP contribution in [0.5, 0.6) is 0 Å². The second-order valence-electron chi connectivity index (χ2n) is 9.16. The molecule has 2 amide bonds. The number of nitrogens with zero attached hydrogens (tertiary/aromatic N) is 1. The largest absolute Gasteiger partial charge is 0.465 e. The standard InChI is InChI=1S/C24H31N3O5S/c1-16-6-2-3-10-21(16)25-23(28)20-9-4-8-19-18(20)7-5-11-22(19)33(31,32)26-17-12-14-27(15-13-17)24(29)30/h4-5,7-9,11,16-17,21,26H,2-3,6,10,12-15H2,1H3,(H,25,28)(H,29,30). The van der Waals surface area contributed by atoms with E-state index in [1.165, 1.54) is 11.3 Å². The van der Waals surface area contributed by atoms with Crippen LogP contribution >= 0.6 is 0 Å². The van der Waals surface area contributed by atoms with E-state index in [9.17, 15) is 18.0 Å². The van der Waals surface area contributed by atoms with Crippen LogP contribution in [0, 0.1) is 5.92 Å². The molecule has 3 N–H and O–H groups in total. The summed E-state index contributed by atoms with van der Waals surface area (Å²) in [4.78, 5) is 25.6. The van der Waals surface area contributed by atoms with Crippen LogP contribution < -0.4 is 10.0 Å². The Kier molecular flexibility index (Phi) is 6.90. The molecule has 178 valence electrons. The van der Waals surface area contributed by atoms with Crippen molar-refractivity contribution in [3.8, 4) is 0 Å². The molecule has 1 saturated carbocycles. The Bertz CT molecular complexity index is 1140. The Morgan fingerprint density at radius 2 is 1.64 bits per heavy atom. The van der Waals surface area contributed by atoms with E-state index in [0.29, 0.717) is 48.2 Å². The predicted molar refractivity (Wildman–Crippen MR) is 126 cm³/mol. The molecule has 2 aliphatic rings. The number of amides is 2. The van der Waals surface area contributed by atoms with Crippen LogP contribution in [0.4, 0.5) is 4.79 Å². The number of carbonyl (C=O) groups is 2. The summed E-state index contributed by atoms with van der Waals surface area (Å²) in [5, 5.41) is 13.4. The van der Waals surface area contributed by atoms with Gasteiger partial charge in [0.15, 0.2) is 0 Å². The van der Waals surface area contributed by atoms with E-state index < -0.39 is 16.1 Å². The maximum atomic E-state index is 13.2. The summed E-state index contributed by atoms with van der Waals surface area (Å²) in [6.45, 7) is 2.74. The lowest BCUT2D eigenvalue weighted by atomic mass is 9.85. The van der Waals surface area contributed by atoms with Crippen molar-refractivity contribution in [2.24, 2.45) is 5.92 Å². The summed E-state index contributed by atoms with van der Waals surface area (Å²) in [6.07, 6.45) is 4.20. The van der Waals surface area contributed by atoms with Gasteiger partial charge in [-0.05, 0) is 49.1 Å². The molecular formula is C24H31N3O5S. The number of nitrogens with one attached hydrogen (secondary N) is 2. The highest BCUT2D eigenvalue weighted by molar-refractivity contribution is 7.89. The smallest absolute Gasteiger partial charge is 0.407 e. The zero-order valence-corrected chi connectivity index (χ0v) is 19.6. The summed E-state index contributed by atoms with van der Waals surface area (Å²) in [5.41, 5.74) is 0.470. The van der Waals surface area contributed by atoms with Crippen molar-refractivity contribution in [3.63, 3.8) is 0 Å². The number of hydrogen-bond acceptors (Lipinski definition) is 4. The summed E-state index contributed by atoms with van der Waals surface area (Å²) < 4.78 is 29.2. The van der Waals surface area contributed by atoms with Crippen LogP contribution in [0.3, 0.4) is 0 Å². The molecule has 9 heteroatoms. The lowest BCUT2D eigenvalue weighted by Crippen LogP contribution is -2.46. The zero-order valence-electron chi connectivity index (χ0n) is 18.8. The molecule has 1 aliphatic carbocycles. The van der Waals surface area contributed by atoms with Crippen molar-refractivity contribution in [1.82, 2.24) is 14.9 Å².